The Morgan fingerprint density at radius 2 is 1.72 bits per heavy atom. The molecule has 0 spiro atoms. The van der Waals surface area contributed by atoms with Crippen molar-refractivity contribution in [2.75, 3.05) is 30.5 Å². The average Bonchev–Trinajstić information content (AvgIpc) is 3.43. The molecule has 5 rings (SSSR count). The Bertz CT molecular complexity index is 1510. The van der Waals surface area contributed by atoms with E-state index < -0.39 is 5.91 Å². The molecule has 1 aromatic heterocycles. The van der Waals surface area contributed by atoms with Gasteiger partial charge in [0, 0.05) is 16.3 Å². The van der Waals surface area contributed by atoms with E-state index in [0.717, 1.165) is 0 Å². The number of ether oxygens (including phenoxy) is 3. The van der Waals surface area contributed by atoms with Crippen LogP contribution in [-0.4, -0.2) is 37.9 Å². The Morgan fingerprint density at radius 1 is 0.974 bits per heavy atom. The number of nitrogens with one attached hydrogen (secondary N) is 1. The van der Waals surface area contributed by atoms with E-state index in [4.69, 9.17) is 30.2 Å². The smallest absolute Gasteiger partial charge is 0.291 e. The summed E-state index contributed by atoms with van der Waals surface area (Å²) in [5.74, 6) is 1.08. The Labute approximate surface area is 228 Å². The van der Waals surface area contributed by atoms with Crippen molar-refractivity contribution >= 4 is 40.6 Å². The topological polar surface area (TPSA) is 107 Å². The second-order valence-electron chi connectivity index (χ2n) is 8.57. The number of hydrogen-bond acceptors (Lipinski definition) is 7. The summed E-state index contributed by atoms with van der Waals surface area (Å²) in [6.45, 7) is -0.310. The summed E-state index contributed by atoms with van der Waals surface area (Å²) < 4.78 is 22.0. The zero-order valence-corrected chi connectivity index (χ0v) is 21.6. The van der Waals surface area contributed by atoms with E-state index in [1.807, 2.05) is 0 Å². The molecule has 0 fully saturated rings. The number of benzene rings is 3. The molecule has 0 atom stereocenters. The monoisotopic (exact) mass is 546 g/mol. The quantitative estimate of drug-likeness (QED) is 0.281. The van der Waals surface area contributed by atoms with Crippen LogP contribution in [0.4, 0.5) is 11.4 Å². The molecule has 4 aromatic rings. The van der Waals surface area contributed by atoms with E-state index in [1.54, 1.807) is 79.9 Å². The molecule has 10 heteroatoms. The molecule has 1 aliphatic heterocycles. The normalized spacial score (nSPS) is 12.4. The Hall–Kier alpha value is -4.76. The van der Waals surface area contributed by atoms with Crippen molar-refractivity contribution in [3.8, 4) is 17.2 Å². The summed E-state index contributed by atoms with van der Waals surface area (Å²) >= 11 is 5.88. The highest BCUT2D eigenvalue weighted by Crippen LogP contribution is 2.34. The first-order valence-electron chi connectivity index (χ1n) is 11.9. The van der Waals surface area contributed by atoms with Gasteiger partial charge in [-0.05, 0) is 78.9 Å². The van der Waals surface area contributed by atoms with Gasteiger partial charge >= 0.3 is 0 Å². The number of methoxy groups -OCH3 is 1. The van der Waals surface area contributed by atoms with Gasteiger partial charge < -0.3 is 23.9 Å². The molecule has 39 heavy (non-hydrogen) atoms. The molecule has 1 N–H and O–H groups in total. The summed E-state index contributed by atoms with van der Waals surface area (Å²) in [5, 5.41) is 3.32. The maximum absolute atomic E-state index is 12.8. The van der Waals surface area contributed by atoms with E-state index in [9.17, 15) is 14.4 Å². The van der Waals surface area contributed by atoms with Crippen molar-refractivity contribution in [1.82, 2.24) is 0 Å². The number of anilines is 2. The largest absolute Gasteiger partial charge is 0.497 e. The van der Waals surface area contributed by atoms with E-state index in [0.29, 0.717) is 45.0 Å². The van der Waals surface area contributed by atoms with Gasteiger partial charge in [-0.1, -0.05) is 11.6 Å². The van der Waals surface area contributed by atoms with Gasteiger partial charge in [0.2, 0.25) is 0 Å². The molecule has 3 aromatic carbocycles. The predicted octanol–water partition coefficient (Wildman–Crippen LogP) is 5.38. The molecule has 9 nitrogen and oxygen atoms in total. The number of halogens is 1. The average molecular weight is 547 g/mol. The molecular weight excluding hydrogens is 524 g/mol. The number of rotatable bonds is 9. The van der Waals surface area contributed by atoms with Crippen molar-refractivity contribution < 1.29 is 33.0 Å². The van der Waals surface area contributed by atoms with Crippen molar-refractivity contribution in [2.45, 2.75) is 6.54 Å². The van der Waals surface area contributed by atoms with Gasteiger partial charge in [0.05, 0.1) is 19.3 Å². The zero-order valence-electron chi connectivity index (χ0n) is 20.8. The molecule has 0 saturated heterocycles. The van der Waals surface area contributed by atoms with Gasteiger partial charge in [-0.15, -0.1) is 0 Å². The highest BCUT2D eigenvalue weighted by molar-refractivity contribution is 6.30. The molecular formula is C29H23ClN2O7. The number of ketones is 1. The second-order valence-corrected chi connectivity index (χ2v) is 9.00. The number of fused-ring (bicyclic) bond motifs is 1. The van der Waals surface area contributed by atoms with Crippen LogP contribution in [0.2, 0.25) is 5.02 Å². The van der Waals surface area contributed by atoms with Gasteiger partial charge in [0.15, 0.2) is 24.8 Å². The third-order valence-corrected chi connectivity index (χ3v) is 6.21. The lowest BCUT2D eigenvalue weighted by molar-refractivity contribution is -0.121. The minimum absolute atomic E-state index is 0.0456. The van der Waals surface area contributed by atoms with Gasteiger partial charge in [-0.3, -0.25) is 19.3 Å². The second kappa shape index (κ2) is 11.3. The van der Waals surface area contributed by atoms with Gasteiger partial charge in [0.25, 0.3) is 11.8 Å². The number of Topliss-reactive ketones (excluding diaryl/α,β-unsaturated/α-hetero) is 1. The molecule has 0 unspecified atom stereocenters. The highest BCUT2D eigenvalue weighted by atomic mass is 35.5. The van der Waals surface area contributed by atoms with E-state index >= 15 is 0 Å². The third kappa shape index (κ3) is 6.05. The third-order valence-electron chi connectivity index (χ3n) is 5.95. The van der Waals surface area contributed by atoms with Crippen molar-refractivity contribution in [2.24, 2.45) is 0 Å². The first-order chi connectivity index (χ1) is 18.9. The summed E-state index contributed by atoms with van der Waals surface area (Å²) in [5.41, 5.74) is 1.35. The number of hydrogen-bond donors (Lipinski definition) is 1. The summed E-state index contributed by atoms with van der Waals surface area (Å²) in [6.07, 6.45) is 0. The lowest BCUT2D eigenvalue weighted by Crippen LogP contribution is -2.38. The molecule has 2 heterocycles. The van der Waals surface area contributed by atoms with Crippen molar-refractivity contribution in [1.29, 1.82) is 0 Å². The predicted molar refractivity (Wildman–Crippen MR) is 144 cm³/mol. The minimum Gasteiger partial charge on any atom is -0.497 e. The molecule has 198 valence electrons. The molecule has 2 amide bonds. The van der Waals surface area contributed by atoms with Crippen LogP contribution in [-0.2, 0) is 11.3 Å². The van der Waals surface area contributed by atoms with Crippen LogP contribution in [0.5, 0.6) is 17.2 Å². The number of carbonyl (C=O) groups excluding carboxylic acids is 3. The van der Waals surface area contributed by atoms with Crippen molar-refractivity contribution in [3.05, 3.63) is 101 Å². The van der Waals surface area contributed by atoms with Crippen LogP contribution >= 0.6 is 11.6 Å². The summed E-state index contributed by atoms with van der Waals surface area (Å²) in [7, 11) is 1.56. The SMILES string of the molecule is COc1ccc(NC(=O)c2ccc(CN3C(=O)COc4ccc(C(=O)COc5ccc(Cl)cc5)cc43)o2)cc1. The Morgan fingerprint density at radius 3 is 2.46 bits per heavy atom. The number of carbonyl (C=O) groups is 3. The zero-order chi connectivity index (χ0) is 27.4. The molecule has 0 saturated carbocycles. The van der Waals surface area contributed by atoms with Crippen LogP contribution in [0.15, 0.2) is 83.3 Å². The van der Waals surface area contributed by atoms with Gasteiger partial charge in [0.1, 0.15) is 23.0 Å². The number of nitrogens with zero attached hydrogens (tertiary/aromatic N) is 1. The summed E-state index contributed by atoms with van der Waals surface area (Å²) in [6, 6.07) is 21.6. The molecule has 0 aliphatic carbocycles. The Balaban J connectivity index is 1.28. The van der Waals surface area contributed by atoms with Crippen molar-refractivity contribution in [3.63, 3.8) is 0 Å². The van der Waals surface area contributed by atoms with E-state index in [2.05, 4.69) is 5.32 Å². The van der Waals surface area contributed by atoms with Crippen LogP contribution in [0.1, 0.15) is 26.7 Å². The number of furan rings is 1. The maximum atomic E-state index is 12.8. The lowest BCUT2D eigenvalue weighted by atomic mass is 10.1. The lowest BCUT2D eigenvalue weighted by Gasteiger charge is -2.29. The highest BCUT2D eigenvalue weighted by Gasteiger charge is 2.28. The Kier molecular flexibility index (Phi) is 7.51. The first kappa shape index (κ1) is 25.9. The standard InChI is InChI=1S/C29H23ClN2O7/c1-36-21-9-5-20(6-10-21)31-29(35)27-13-11-23(39-27)15-32-24-14-18(2-12-26(24)38-17-28(32)34)25(33)16-37-22-7-3-19(30)4-8-22/h2-14H,15-17H2,1H3,(H,31,35). The maximum Gasteiger partial charge on any atom is 0.291 e. The van der Waals surface area contributed by atoms with Crippen LogP contribution in [0, 0.1) is 0 Å². The molecule has 0 radical (unpaired) electrons. The van der Waals surface area contributed by atoms with E-state index in [1.165, 1.54) is 11.0 Å². The first-order valence-corrected chi connectivity index (χ1v) is 12.3. The van der Waals surface area contributed by atoms with E-state index in [-0.39, 0.29) is 37.2 Å². The summed E-state index contributed by atoms with van der Waals surface area (Å²) in [4.78, 5) is 39.7. The van der Waals surface area contributed by atoms with Gasteiger partial charge in [-0.2, -0.15) is 0 Å². The molecule has 1 aliphatic rings. The fourth-order valence-electron chi connectivity index (χ4n) is 3.92. The van der Waals surface area contributed by atoms with Crippen LogP contribution in [0.25, 0.3) is 0 Å². The number of amides is 2. The van der Waals surface area contributed by atoms with Crippen LogP contribution in [0.3, 0.4) is 0 Å². The van der Waals surface area contributed by atoms with Gasteiger partial charge in [-0.25, -0.2) is 0 Å². The fourth-order valence-corrected chi connectivity index (χ4v) is 4.05. The fraction of sp³-hybridized carbons (Fsp3) is 0.138. The minimum atomic E-state index is -0.436. The molecule has 0 bridgehead atoms. The van der Waals surface area contributed by atoms with Crippen LogP contribution < -0.4 is 24.4 Å².